The molecule has 3 N–H and O–H groups in total. The zero-order chi connectivity index (χ0) is 23.4. The van der Waals surface area contributed by atoms with E-state index in [1.54, 1.807) is 43.4 Å². The number of hydrogen-bond donors (Lipinski definition) is 3. The number of carbonyl (C=O) groups excluding carboxylic acids is 2. The van der Waals surface area contributed by atoms with Crippen LogP contribution < -0.4 is 15.5 Å². The number of hydrogen-bond acceptors (Lipinski definition) is 4. The third-order valence-electron chi connectivity index (χ3n) is 5.06. The Balaban J connectivity index is 2.02. The number of amides is 3. The molecule has 0 saturated heterocycles. The van der Waals surface area contributed by atoms with Gasteiger partial charge in [0.15, 0.2) is 0 Å². The Morgan fingerprint density at radius 3 is 2.44 bits per heavy atom. The van der Waals surface area contributed by atoms with Crippen molar-refractivity contribution in [2.45, 2.75) is 32.5 Å². The lowest BCUT2D eigenvalue weighted by Crippen LogP contribution is -2.53. The maximum absolute atomic E-state index is 13.5. The molecule has 0 radical (unpaired) electrons. The molecule has 0 spiro atoms. The Bertz CT molecular complexity index is 1050. The zero-order valence-electron chi connectivity index (χ0n) is 18.0. The first-order valence-electron chi connectivity index (χ1n) is 10.2. The van der Waals surface area contributed by atoms with Crippen molar-refractivity contribution in [3.63, 3.8) is 0 Å². The molecule has 168 valence electrons. The fraction of sp³-hybridized carbons (Fsp3) is 0.304. The van der Waals surface area contributed by atoms with Crippen molar-refractivity contribution < 1.29 is 23.9 Å². The molecule has 32 heavy (non-hydrogen) atoms. The van der Waals surface area contributed by atoms with Crippen LogP contribution in [-0.4, -0.2) is 48.0 Å². The van der Waals surface area contributed by atoms with E-state index in [1.165, 1.54) is 17.0 Å². The summed E-state index contributed by atoms with van der Waals surface area (Å²) in [6.07, 6.45) is -2.37. The van der Waals surface area contributed by atoms with Crippen molar-refractivity contribution in [1.82, 2.24) is 10.6 Å². The van der Waals surface area contributed by atoms with Gasteiger partial charge in [0.05, 0.1) is 11.4 Å². The first-order valence-corrected chi connectivity index (χ1v) is 10.2. The quantitative estimate of drug-likeness (QED) is 0.641. The number of nitrogens with one attached hydrogen (secondary N) is 2. The molecule has 2 aromatic rings. The van der Waals surface area contributed by atoms with Crippen LogP contribution in [0.3, 0.4) is 0 Å². The number of para-hydroxylation sites is 1. The van der Waals surface area contributed by atoms with Crippen molar-refractivity contribution in [3.05, 3.63) is 65.5 Å². The number of fused-ring (bicyclic) bond motifs is 1. The highest BCUT2D eigenvalue weighted by Crippen LogP contribution is 2.27. The van der Waals surface area contributed by atoms with Gasteiger partial charge in [-0.25, -0.2) is 14.2 Å². The minimum absolute atomic E-state index is 0.0349. The molecule has 0 aliphatic carbocycles. The molecule has 9 heteroatoms. The van der Waals surface area contributed by atoms with Crippen molar-refractivity contribution in [2.75, 3.05) is 11.9 Å². The van der Waals surface area contributed by atoms with E-state index < -0.39 is 35.9 Å². The number of benzodiazepines with no additional fused rings is 1. The smallest absolute Gasteiger partial charge is 0.405 e. The van der Waals surface area contributed by atoms with E-state index in [-0.39, 0.29) is 12.3 Å². The fourth-order valence-electron chi connectivity index (χ4n) is 3.54. The summed E-state index contributed by atoms with van der Waals surface area (Å²) < 4.78 is 13.5. The minimum Gasteiger partial charge on any atom is -0.465 e. The number of anilines is 1. The summed E-state index contributed by atoms with van der Waals surface area (Å²) in [5.74, 6) is -1.51. The number of likely N-dealkylation sites (N-methyl/N-ethyl adjacent to an activating group) is 1. The van der Waals surface area contributed by atoms with E-state index in [2.05, 4.69) is 15.6 Å². The topological polar surface area (TPSA) is 111 Å². The van der Waals surface area contributed by atoms with Gasteiger partial charge in [-0.2, -0.15) is 0 Å². The molecule has 2 atom stereocenters. The highest BCUT2D eigenvalue weighted by Gasteiger charge is 2.33. The Morgan fingerprint density at radius 2 is 1.81 bits per heavy atom. The summed E-state index contributed by atoms with van der Waals surface area (Å²) in [5, 5.41) is 13.9. The second-order valence-corrected chi connectivity index (χ2v) is 7.94. The number of aliphatic imine (C=N–C) groups is 1. The van der Waals surface area contributed by atoms with E-state index in [0.29, 0.717) is 22.5 Å². The minimum atomic E-state index is -1.34. The Kier molecular flexibility index (Phi) is 6.87. The number of benzene rings is 2. The summed E-state index contributed by atoms with van der Waals surface area (Å²) in [6.45, 7) is 3.71. The first-order chi connectivity index (χ1) is 15.2. The molecule has 1 aliphatic heterocycles. The normalized spacial score (nSPS) is 16.7. The van der Waals surface area contributed by atoms with Gasteiger partial charge in [-0.3, -0.25) is 9.59 Å². The van der Waals surface area contributed by atoms with Gasteiger partial charge in [-0.1, -0.05) is 32.0 Å². The molecular weight excluding hydrogens is 415 g/mol. The maximum atomic E-state index is 13.5. The number of carboxylic acid groups (broad SMARTS) is 1. The molecule has 8 nitrogen and oxygen atoms in total. The van der Waals surface area contributed by atoms with Gasteiger partial charge in [-0.05, 0) is 42.7 Å². The molecule has 2 aromatic carbocycles. The van der Waals surface area contributed by atoms with Crippen LogP contribution in [-0.2, 0) is 9.59 Å². The molecular formula is C23H25FN4O4. The van der Waals surface area contributed by atoms with Gasteiger partial charge in [0, 0.05) is 18.2 Å². The van der Waals surface area contributed by atoms with Crippen molar-refractivity contribution in [1.29, 1.82) is 0 Å². The van der Waals surface area contributed by atoms with Crippen LogP contribution in [0, 0.1) is 11.7 Å². The largest absolute Gasteiger partial charge is 0.465 e. The van der Waals surface area contributed by atoms with E-state index in [0.717, 1.165) is 0 Å². The maximum Gasteiger partial charge on any atom is 0.405 e. The number of halogens is 1. The van der Waals surface area contributed by atoms with Gasteiger partial charge >= 0.3 is 6.09 Å². The molecule has 1 heterocycles. The van der Waals surface area contributed by atoms with Crippen LogP contribution in [0.5, 0.6) is 0 Å². The monoisotopic (exact) mass is 440 g/mol. The van der Waals surface area contributed by atoms with Crippen LogP contribution in [0.2, 0.25) is 0 Å². The Labute approximate surface area is 185 Å². The molecule has 0 fully saturated rings. The fourth-order valence-corrected chi connectivity index (χ4v) is 3.54. The van der Waals surface area contributed by atoms with Gasteiger partial charge < -0.3 is 20.6 Å². The van der Waals surface area contributed by atoms with Crippen molar-refractivity contribution in [3.8, 4) is 0 Å². The highest BCUT2D eigenvalue weighted by molar-refractivity contribution is 6.20. The summed E-state index contributed by atoms with van der Waals surface area (Å²) in [6, 6.07) is 11.8. The molecule has 0 bridgehead atoms. The van der Waals surface area contributed by atoms with Crippen LogP contribution in [0.15, 0.2) is 53.5 Å². The first kappa shape index (κ1) is 22.9. The van der Waals surface area contributed by atoms with Gasteiger partial charge in [0.2, 0.25) is 12.1 Å². The Hall–Kier alpha value is -3.75. The second-order valence-electron chi connectivity index (χ2n) is 7.94. The molecule has 0 saturated carbocycles. The van der Waals surface area contributed by atoms with Crippen LogP contribution >= 0.6 is 0 Å². The molecule has 2 unspecified atom stereocenters. The number of rotatable bonds is 6. The summed E-state index contributed by atoms with van der Waals surface area (Å²) in [4.78, 5) is 43.1. The van der Waals surface area contributed by atoms with E-state index in [9.17, 15) is 18.8 Å². The van der Waals surface area contributed by atoms with Crippen LogP contribution in [0.4, 0.5) is 14.9 Å². The summed E-state index contributed by atoms with van der Waals surface area (Å²) in [5.41, 5.74) is 2.22. The Morgan fingerprint density at radius 1 is 1.16 bits per heavy atom. The average Bonchev–Trinajstić information content (AvgIpc) is 2.84. The van der Waals surface area contributed by atoms with Crippen molar-refractivity contribution in [2.24, 2.45) is 10.9 Å². The van der Waals surface area contributed by atoms with Crippen LogP contribution in [0.1, 0.15) is 31.4 Å². The van der Waals surface area contributed by atoms with Gasteiger partial charge in [-0.15, -0.1) is 0 Å². The van der Waals surface area contributed by atoms with E-state index in [4.69, 9.17) is 5.11 Å². The second kappa shape index (κ2) is 9.59. The highest BCUT2D eigenvalue weighted by atomic mass is 19.1. The van der Waals surface area contributed by atoms with Crippen LogP contribution in [0.25, 0.3) is 0 Å². The van der Waals surface area contributed by atoms with Crippen molar-refractivity contribution >= 4 is 29.3 Å². The van der Waals surface area contributed by atoms with E-state index in [1.807, 2.05) is 13.8 Å². The average molecular weight is 440 g/mol. The lowest BCUT2D eigenvalue weighted by Gasteiger charge is -2.23. The summed E-state index contributed by atoms with van der Waals surface area (Å²) >= 11 is 0. The lowest BCUT2D eigenvalue weighted by molar-refractivity contribution is -0.128. The molecule has 3 amide bonds. The third kappa shape index (κ3) is 5.11. The van der Waals surface area contributed by atoms with E-state index >= 15 is 0 Å². The molecule has 3 rings (SSSR count). The van der Waals surface area contributed by atoms with Gasteiger partial charge in [0.25, 0.3) is 5.91 Å². The third-order valence-corrected chi connectivity index (χ3v) is 5.06. The SMILES string of the molecule is CC(C)CC(NC(=O)O)C(=O)NC1N=C(c2ccc(F)cc2)c2ccccc2N(C)C1=O. The molecule has 0 aromatic heterocycles. The number of carbonyl (C=O) groups is 3. The molecule has 1 aliphatic rings. The predicted molar refractivity (Wildman–Crippen MR) is 118 cm³/mol. The number of nitrogens with zero attached hydrogens (tertiary/aromatic N) is 2. The summed E-state index contributed by atoms with van der Waals surface area (Å²) in [7, 11) is 1.57. The standard InChI is InChI=1S/C23H25FN4O4/c1-13(2)12-17(25-23(31)32)21(29)27-20-22(30)28(3)18-7-5-4-6-16(18)19(26-20)14-8-10-15(24)11-9-14/h4-11,13,17,20,25H,12H2,1-3H3,(H,27,29)(H,31,32). The zero-order valence-corrected chi connectivity index (χ0v) is 18.0. The lowest BCUT2D eigenvalue weighted by atomic mass is 10.0. The van der Waals surface area contributed by atoms with Gasteiger partial charge in [0.1, 0.15) is 11.9 Å². The predicted octanol–water partition coefficient (Wildman–Crippen LogP) is 2.76.